The van der Waals surface area contributed by atoms with Crippen molar-refractivity contribution in [2.75, 3.05) is 0 Å². The summed E-state index contributed by atoms with van der Waals surface area (Å²) in [4.78, 5) is 15.5. The van der Waals surface area contributed by atoms with Crippen molar-refractivity contribution >= 4 is 16.9 Å². The van der Waals surface area contributed by atoms with E-state index in [1.165, 1.54) is 6.92 Å². The lowest BCUT2D eigenvalue weighted by molar-refractivity contribution is 0.101. The highest BCUT2D eigenvalue weighted by molar-refractivity contribution is 6.03. The van der Waals surface area contributed by atoms with Crippen molar-refractivity contribution in [3.05, 3.63) is 29.7 Å². The Morgan fingerprint density at radius 1 is 1.50 bits per heavy atom. The molecule has 0 aliphatic rings. The summed E-state index contributed by atoms with van der Waals surface area (Å²) >= 11 is 0. The number of carbonyl (C=O) groups is 1. The molecule has 72 valence electrons. The molecule has 0 unspecified atom stereocenters. The van der Waals surface area contributed by atoms with Crippen molar-refractivity contribution in [2.24, 2.45) is 0 Å². The Morgan fingerprint density at radius 3 is 2.93 bits per heavy atom. The Bertz CT molecular complexity index is 485. The molecular formula is C11H11NO2. The van der Waals surface area contributed by atoms with Gasteiger partial charge in [0, 0.05) is 6.42 Å². The fourth-order valence-corrected chi connectivity index (χ4v) is 1.42. The Morgan fingerprint density at radius 2 is 2.29 bits per heavy atom. The number of fused-ring (bicyclic) bond motifs is 1. The van der Waals surface area contributed by atoms with Gasteiger partial charge in [-0.1, -0.05) is 13.0 Å². The van der Waals surface area contributed by atoms with Gasteiger partial charge in [-0.05, 0) is 19.1 Å². The van der Waals surface area contributed by atoms with Gasteiger partial charge in [-0.3, -0.25) is 4.79 Å². The van der Waals surface area contributed by atoms with Gasteiger partial charge in [-0.15, -0.1) is 0 Å². The van der Waals surface area contributed by atoms with Crippen LogP contribution >= 0.6 is 0 Å². The van der Waals surface area contributed by atoms with Gasteiger partial charge < -0.3 is 4.42 Å². The van der Waals surface area contributed by atoms with Gasteiger partial charge in [0.2, 0.25) is 0 Å². The van der Waals surface area contributed by atoms with Crippen molar-refractivity contribution in [1.29, 1.82) is 0 Å². The Labute approximate surface area is 81.7 Å². The normalized spacial score (nSPS) is 10.7. The summed E-state index contributed by atoms with van der Waals surface area (Å²) < 4.78 is 5.48. The maximum absolute atomic E-state index is 11.3. The Hall–Kier alpha value is -1.64. The largest absolute Gasteiger partial charge is 0.440 e. The minimum atomic E-state index is 0.00871. The second-order valence-electron chi connectivity index (χ2n) is 3.17. The summed E-state index contributed by atoms with van der Waals surface area (Å²) in [6.45, 7) is 3.50. The van der Waals surface area contributed by atoms with Crippen molar-refractivity contribution in [2.45, 2.75) is 20.3 Å². The first kappa shape index (κ1) is 8.94. The zero-order valence-corrected chi connectivity index (χ0v) is 8.20. The minimum Gasteiger partial charge on any atom is -0.440 e. The quantitative estimate of drug-likeness (QED) is 0.682. The number of para-hydroxylation sites is 1. The number of nitrogens with zero attached hydrogens (tertiary/aromatic N) is 1. The molecule has 3 heteroatoms. The topological polar surface area (TPSA) is 43.1 Å². The number of aromatic nitrogens is 1. The van der Waals surface area contributed by atoms with Gasteiger partial charge in [-0.2, -0.15) is 0 Å². The second-order valence-corrected chi connectivity index (χ2v) is 3.17. The summed E-state index contributed by atoms with van der Waals surface area (Å²) in [6, 6.07) is 5.43. The van der Waals surface area contributed by atoms with Crippen LogP contribution in [0.3, 0.4) is 0 Å². The van der Waals surface area contributed by atoms with E-state index < -0.39 is 0 Å². The molecule has 0 saturated carbocycles. The van der Waals surface area contributed by atoms with Gasteiger partial charge in [-0.25, -0.2) is 4.98 Å². The Kier molecular flexibility index (Phi) is 2.08. The molecule has 3 nitrogen and oxygen atoms in total. The van der Waals surface area contributed by atoms with E-state index in [-0.39, 0.29) is 5.78 Å². The maximum atomic E-state index is 11.3. The molecule has 0 saturated heterocycles. The molecule has 0 aliphatic heterocycles. The highest BCUT2D eigenvalue weighted by Gasteiger charge is 2.11. The first-order valence-electron chi connectivity index (χ1n) is 4.61. The first-order chi connectivity index (χ1) is 6.72. The molecule has 0 amide bonds. The summed E-state index contributed by atoms with van der Waals surface area (Å²) in [7, 11) is 0. The van der Waals surface area contributed by atoms with Gasteiger partial charge >= 0.3 is 0 Å². The molecule has 0 bridgehead atoms. The van der Waals surface area contributed by atoms with Crippen LogP contribution in [-0.4, -0.2) is 10.8 Å². The second kappa shape index (κ2) is 3.25. The van der Waals surface area contributed by atoms with Gasteiger partial charge in [0.25, 0.3) is 0 Å². The van der Waals surface area contributed by atoms with Crippen molar-refractivity contribution in [3.8, 4) is 0 Å². The number of hydrogen-bond acceptors (Lipinski definition) is 3. The molecule has 0 N–H and O–H groups in total. The average Bonchev–Trinajstić information content (AvgIpc) is 2.59. The lowest BCUT2D eigenvalue weighted by Gasteiger charge is -1.93. The smallest absolute Gasteiger partial charge is 0.195 e. The highest BCUT2D eigenvalue weighted by atomic mass is 16.3. The number of hydrogen-bond donors (Lipinski definition) is 0. The monoisotopic (exact) mass is 189 g/mol. The predicted molar refractivity (Wildman–Crippen MR) is 53.4 cm³/mol. The highest BCUT2D eigenvalue weighted by Crippen LogP contribution is 2.20. The number of rotatable bonds is 2. The van der Waals surface area contributed by atoms with E-state index in [2.05, 4.69) is 4.98 Å². The van der Waals surface area contributed by atoms with Crippen LogP contribution in [0.4, 0.5) is 0 Å². The number of Topliss-reactive ketones (excluding diaryl/α,β-unsaturated/α-hetero) is 1. The van der Waals surface area contributed by atoms with Gasteiger partial charge in [0.15, 0.2) is 17.3 Å². The number of benzene rings is 1. The number of ketones is 1. The molecule has 0 spiro atoms. The summed E-state index contributed by atoms with van der Waals surface area (Å²) in [5, 5.41) is 0. The first-order valence-corrected chi connectivity index (χ1v) is 4.61. The van der Waals surface area contributed by atoms with Crippen molar-refractivity contribution < 1.29 is 9.21 Å². The van der Waals surface area contributed by atoms with Crippen LogP contribution in [0.5, 0.6) is 0 Å². The SMILES string of the molecule is CCc1nc2cccc(C(C)=O)c2o1. The van der Waals surface area contributed by atoms with Crippen LogP contribution < -0.4 is 0 Å². The number of carbonyl (C=O) groups excluding carboxylic acids is 1. The Balaban J connectivity index is 2.73. The molecule has 0 radical (unpaired) electrons. The summed E-state index contributed by atoms with van der Waals surface area (Å²) in [5.74, 6) is 0.683. The van der Waals surface area contributed by atoms with E-state index in [1.807, 2.05) is 19.1 Å². The fraction of sp³-hybridized carbons (Fsp3) is 0.273. The third kappa shape index (κ3) is 1.31. The summed E-state index contributed by atoms with van der Waals surface area (Å²) in [6.07, 6.45) is 0.742. The molecule has 0 atom stereocenters. The van der Waals surface area contributed by atoms with Crippen molar-refractivity contribution in [1.82, 2.24) is 4.98 Å². The van der Waals surface area contributed by atoms with E-state index in [9.17, 15) is 4.79 Å². The van der Waals surface area contributed by atoms with Crippen LogP contribution in [0, 0.1) is 0 Å². The fourth-order valence-electron chi connectivity index (χ4n) is 1.42. The number of oxazole rings is 1. The summed E-state index contributed by atoms with van der Waals surface area (Å²) in [5.41, 5.74) is 1.97. The average molecular weight is 189 g/mol. The van der Waals surface area contributed by atoms with Crippen LogP contribution in [0.1, 0.15) is 30.1 Å². The van der Waals surface area contributed by atoms with E-state index >= 15 is 0 Å². The third-order valence-corrected chi connectivity index (χ3v) is 2.14. The van der Waals surface area contributed by atoms with E-state index in [0.717, 1.165) is 11.9 Å². The molecular weight excluding hydrogens is 178 g/mol. The van der Waals surface area contributed by atoms with E-state index in [1.54, 1.807) is 6.07 Å². The maximum Gasteiger partial charge on any atom is 0.195 e. The molecule has 2 rings (SSSR count). The zero-order valence-electron chi connectivity index (χ0n) is 8.20. The lowest BCUT2D eigenvalue weighted by atomic mass is 10.1. The lowest BCUT2D eigenvalue weighted by Crippen LogP contribution is -1.91. The molecule has 1 heterocycles. The molecule has 0 fully saturated rings. The van der Waals surface area contributed by atoms with Crippen LogP contribution in [0.15, 0.2) is 22.6 Å². The van der Waals surface area contributed by atoms with Crippen LogP contribution in [0.25, 0.3) is 11.1 Å². The van der Waals surface area contributed by atoms with E-state index in [4.69, 9.17) is 4.42 Å². The molecule has 2 aromatic rings. The zero-order chi connectivity index (χ0) is 10.1. The van der Waals surface area contributed by atoms with Gasteiger partial charge in [0.05, 0.1) is 5.56 Å². The van der Waals surface area contributed by atoms with Crippen molar-refractivity contribution in [3.63, 3.8) is 0 Å². The standard InChI is InChI=1S/C11H11NO2/c1-3-10-12-9-6-4-5-8(7(2)13)11(9)14-10/h4-6H,3H2,1-2H3. The van der Waals surface area contributed by atoms with E-state index in [0.29, 0.717) is 17.0 Å². The molecule has 14 heavy (non-hydrogen) atoms. The van der Waals surface area contributed by atoms with Crippen LogP contribution in [-0.2, 0) is 6.42 Å². The third-order valence-electron chi connectivity index (χ3n) is 2.14. The predicted octanol–water partition coefficient (Wildman–Crippen LogP) is 2.59. The van der Waals surface area contributed by atoms with Crippen LogP contribution in [0.2, 0.25) is 0 Å². The molecule has 0 aliphatic carbocycles. The number of aryl methyl sites for hydroxylation is 1. The molecule has 1 aromatic heterocycles. The molecule has 1 aromatic carbocycles. The van der Waals surface area contributed by atoms with Gasteiger partial charge in [0.1, 0.15) is 5.52 Å². The minimum absolute atomic E-state index is 0.00871.